The molecule has 0 bridgehead atoms. The van der Waals surface area contributed by atoms with Crippen LogP contribution in [0.3, 0.4) is 0 Å². The summed E-state index contributed by atoms with van der Waals surface area (Å²) < 4.78 is 31.1. The molecule has 1 aliphatic rings. The number of hydrogen-bond donors (Lipinski definition) is 1. The molecular weight excluding hydrogens is 344 g/mol. The summed E-state index contributed by atoms with van der Waals surface area (Å²) >= 11 is 0. The molecule has 1 aromatic rings. The van der Waals surface area contributed by atoms with Gasteiger partial charge < -0.3 is 19.6 Å². The summed E-state index contributed by atoms with van der Waals surface area (Å²) in [7, 11) is 2.44. The van der Waals surface area contributed by atoms with Crippen LogP contribution in [-0.4, -0.2) is 93.5 Å². The molecule has 2 rings (SSSR count). The van der Waals surface area contributed by atoms with Crippen molar-refractivity contribution in [3.63, 3.8) is 0 Å². The van der Waals surface area contributed by atoms with Crippen molar-refractivity contribution in [2.45, 2.75) is 18.7 Å². The number of piperazine rings is 1. The second-order valence-electron chi connectivity index (χ2n) is 6.37. The lowest BCUT2D eigenvalue weighted by Gasteiger charge is -2.36. The molecule has 1 unspecified atom stereocenters. The fourth-order valence-electron chi connectivity index (χ4n) is 2.52. The van der Waals surface area contributed by atoms with Crippen molar-refractivity contribution in [2.75, 3.05) is 53.9 Å². The van der Waals surface area contributed by atoms with Crippen LogP contribution < -0.4 is 5.32 Å². The van der Waals surface area contributed by atoms with E-state index in [2.05, 4.69) is 32.2 Å². The molecule has 0 spiro atoms. The van der Waals surface area contributed by atoms with Gasteiger partial charge in [0.25, 0.3) is 0 Å². The number of guanidine groups is 1. The number of nitrogens with zero attached hydrogens (tertiary/aromatic N) is 5. The molecule has 0 amide bonds. The second-order valence-corrected chi connectivity index (χ2v) is 8.34. The van der Waals surface area contributed by atoms with Crippen molar-refractivity contribution >= 4 is 16.0 Å². The lowest BCUT2D eigenvalue weighted by atomic mass is 10.3. The molecule has 1 N–H and O–H groups in total. The highest BCUT2D eigenvalue weighted by Gasteiger charge is 2.29. The van der Waals surface area contributed by atoms with E-state index in [-0.39, 0.29) is 5.75 Å². The Balaban J connectivity index is 1.87. The van der Waals surface area contributed by atoms with E-state index in [0.29, 0.717) is 37.9 Å². The average molecular weight is 372 g/mol. The van der Waals surface area contributed by atoms with E-state index in [1.54, 1.807) is 13.1 Å². The summed E-state index contributed by atoms with van der Waals surface area (Å²) in [5, 5.41) is 7.04. The zero-order valence-electron chi connectivity index (χ0n) is 15.3. The van der Waals surface area contributed by atoms with Gasteiger partial charge in [-0.1, -0.05) is 5.16 Å². The highest BCUT2D eigenvalue weighted by atomic mass is 32.2. The molecule has 10 heteroatoms. The van der Waals surface area contributed by atoms with Crippen molar-refractivity contribution in [1.82, 2.24) is 24.6 Å². The van der Waals surface area contributed by atoms with Gasteiger partial charge in [-0.3, -0.25) is 4.99 Å². The van der Waals surface area contributed by atoms with E-state index in [1.165, 1.54) is 10.6 Å². The molecule has 0 saturated carbocycles. The van der Waals surface area contributed by atoms with E-state index in [0.717, 1.165) is 12.5 Å². The summed E-state index contributed by atoms with van der Waals surface area (Å²) in [6.45, 7) is 5.00. The number of aliphatic imine (C=N–C) groups is 1. The zero-order valence-corrected chi connectivity index (χ0v) is 16.2. The average Bonchev–Trinajstić information content (AvgIpc) is 3.07. The van der Waals surface area contributed by atoms with Gasteiger partial charge in [0, 0.05) is 51.9 Å². The molecule has 0 aromatic carbocycles. The minimum atomic E-state index is -3.38. The van der Waals surface area contributed by atoms with Crippen LogP contribution in [-0.2, 0) is 15.8 Å². The van der Waals surface area contributed by atoms with Crippen LogP contribution in [0.1, 0.15) is 12.6 Å². The molecule has 1 fully saturated rings. The van der Waals surface area contributed by atoms with Gasteiger partial charge in [0.15, 0.2) is 5.96 Å². The predicted molar refractivity (Wildman–Crippen MR) is 96.8 cm³/mol. The summed E-state index contributed by atoms with van der Waals surface area (Å²) in [4.78, 5) is 8.54. The standard InChI is InChI=1S/C15H28N6O3S/c1-13(19(3)4)11-17-15(16-2)20-6-8-21(9-7-20)25(22,23)12-14-5-10-24-18-14/h5,10,13H,6-9,11-12H2,1-4H3,(H,16,17). The molecule has 1 atom stereocenters. The van der Waals surface area contributed by atoms with E-state index >= 15 is 0 Å². The second kappa shape index (κ2) is 8.63. The van der Waals surface area contributed by atoms with Gasteiger partial charge in [-0.05, 0) is 21.0 Å². The van der Waals surface area contributed by atoms with Crippen LogP contribution in [0.15, 0.2) is 21.8 Å². The highest BCUT2D eigenvalue weighted by molar-refractivity contribution is 7.88. The van der Waals surface area contributed by atoms with Gasteiger partial charge in [-0.15, -0.1) is 0 Å². The zero-order chi connectivity index (χ0) is 18.4. The van der Waals surface area contributed by atoms with Gasteiger partial charge in [-0.25, -0.2) is 8.42 Å². The summed E-state index contributed by atoms with van der Waals surface area (Å²) in [6, 6.07) is 1.95. The number of likely N-dealkylation sites (N-methyl/N-ethyl adjacent to an activating group) is 1. The topological polar surface area (TPSA) is 94.3 Å². The lowest BCUT2D eigenvalue weighted by molar-refractivity contribution is 0.255. The first-order valence-corrected chi connectivity index (χ1v) is 9.93. The van der Waals surface area contributed by atoms with E-state index in [4.69, 9.17) is 4.52 Å². The monoisotopic (exact) mass is 372 g/mol. The maximum absolute atomic E-state index is 12.5. The van der Waals surface area contributed by atoms with Crippen molar-refractivity contribution in [3.05, 3.63) is 18.0 Å². The first-order chi connectivity index (χ1) is 11.8. The van der Waals surface area contributed by atoms with Crippen LogP contribution >= 0.6 is 0 Å². The maximum atomic E-state index is 12.5. The molecule has 1 aliphatic heterocycles. The highest BCUT2D eigenvalue weighted by Crippen LogP contribution is 2.12. The SMILES string of the molecule is CN=C(NCC(C)N(C)C)N1CCN(S(=O)(=O)Cc2ccon2)CC1. The smallest absolute Gasteiger partial charge is 0.220 e. The van der Waals surface area contributed by atoms with E-state index in [1.807, 2.05) is 14.1 Å². The Morgan fingerprint density at radius 2 is 2.08 bits per heavy atom. The third kappa shape index (κ3) is 5.41. The number of aromatic nitrogens is 1. The van der Waals surface area contributed by atoms with Gasteiger partial charge in [0.2, 0.25) is 10.0 Å². The Kier molecular flexibility index (Phi) is 6.79. The third-order valence-corrected chi connectivity index (χ3v) is 6.21. The third-order valence-electron chi connectivity index (χ3n) is 4.40. The molecule has 1 aromatic heterocycles. The summed E-state index contributed by atoms with van der Waals surface area (Å²) in [6.07, 6.45) is 1.38. The van der Waals surface area contributed by atoms with Crippen molar-refractivity contribution < 1.29 is 12.9 Å². The van der Waals surface area contributed by atoms with Crippen LogP contribution in [0.5, 0.6) is 0 Å². The Labute approximate surface area is 149 Å². The van der Waals surface area contributed by atoms with Gasteiger partial charge >= 0.3 is 0 Å². The van der Waals surface area contributed by atoms with Crippen LogP contribution in [0.4, 0.5) is 0 Å². The molecular formula is C15H28N6O3S. The number of rotatable bonds is 6. The normalized spacial score (nSPS) is 18.6. The minimum absolute atomic E-state index is 0.128. The van der Waals surface area contributed by atoms with Gasteiger partial charge in [0.1, 0.15) is 12.0 Å². The molecule has 0 aliphatic carbocycles. The van der Waals surface area contributed by atoms with Crippen LogP contribution in [0.2, 0.25) is 0 Å². The van der Waals surface area contributed by atoms with Gasteiger partial charge in [0.05, 0.1) is 5.69 Å². The van der Waals surface area contributed by atoms with Gasteiger partial charge in [-0.2, -0.15) is 4.31 Å². The molecule has 1 saturated heterocycles. The number of sulfonamides is 1. The van der Waals surface area contributed by atoms with Crippen LogP contribution in [0.25, 0.3) is 0 Å². The number of nitrogens with one attached hydrogen (secondary N) is 1. The Morgan fingerprint density at radius 1 is 1.40 bits per heavy atom. The Hall–Kier alpha value is -1.65. The summed E-state index contributed by atoms with van der Waals surface area (Å²) in [5.74, 6) is 0.679. The molecule has 2 heterocycles. The van der Waals surface area contributed by atoms with E-state index < -0.39 is 10.0 Å². The minimum Gasteiger partial charge on any atom is -0.364 e. The first kappa shape index (κ1) is 19.7. The summed E-state index contributed by atoms with van der Waals surface area (Å²) in [5.41, 5.74) is 0.428. The lowest BCUT2D eigenvalue weighted by Crippen LogP contribution is -2.55. The fourth-order valence-corrected chi connectivity index (χ4v) is 3.95. The number of hydrogen-bond acceptors (Lipinski definition) is 6. The molecule has 142 valence electrons. The van der Waals surface area contributed by atoms with Crippen molar-refractivity contribution in [1.29, 1.82) is 0 Å². The Bertz CT molecular complexity index is 651. The quantitative estimate of drug-likeness (QED) is 0.539. The largest absolute Gasteiger partial charge is 0.364 e. The predicted octanol–water partition coefficient (Wildman–Crippen LogP) is -0.352. The van der Waals surface area contributed by atoms with Crippen molar-refractivity contribution in [3.8, 4) is 0 Å². The molecule has 25 heavy (non-hydrogen) atoms. The fraction of sp³-hybridized carbons (Fsp3) is 0.733. The van der Waals surface area contributed by atoms with Crippen molar-refractivity contribution in [2.24, 2.45) is 4.99 Å². The first-order valence-electron chi connectivity index (χ1n) is 8.32. The molecule has 9 nitrogen and oxygen atoms in total. The Morgan fingerprint density at radius 3 is 2.60 bits per heavy atom. The van der Waals surface area contributed by atoms with E-state index in [9.17, 15) is 8.42 Å². The maximum Gasteiger partial charge on any atom is 0.220 e. The molecule has 0 radical (unpaired) electrons. The van der Waals surface area contributed by atoms with Crippen LogP contribution in [0, 0.1) is 0 Å².